The number of hydrogen-bond acceptors (Lipinski definition) is 5. The van der Waals surface area contributed by atoms with Gasteiger partial charge >= 0.3 is 6.09 Å². The van der Waals surface area contributed by atoms with E-state index in [1.165, 1.54) is 12.1 Å². The first-order chi connectivity index (χ1) is 15.6. The molecule has 3 aromatic rings. The van der Waals surface area contributed by atoms with Gasteiger partial charge in [-0.15, -0.1) is 0 Å². The second-order valence-electron chi connectivity index (χ2n) is 8.73. The molecule has 0 saturated carbocycles. The fraction of sp³-hybridized carbons (Fsp3) is 0.250. The molecule has 2 heterocycles. The summed E-state index contributed by atoms with van der Waals surface area (Å²) in [6.07, 6.45) is 1.08. The van der Waals surface area contributed by atoms with Crippen molar-refractivity contribution in [3.8, 4) is 0 Å². The van der Waals surface area contributed by atoms with Crippen molar-refractivity contribution in [2.45, 2.75) is 38.8 Å². The van der Waals surface area contributed by atoms with E-state index in [0.717, 1.165) is 16.5 Å². The van der Waals surface area contributed by atoms with E-state index in [4.69, 9.17) is 4.74 Å². The highest BCUT2D eigenvalue weighted by Crippen LogP contribution is 2.22. The van der Waals surface area contributed by atoms with Crippen LogP contribution in [-0.4, -0.2) is 45.5 Å². The highest BCUT2D eigenvalue weighted by molar-refractivity contribution is 6.21. The lowest BCUT2D eigenvalue weighted by Gasteiger charge is -2.24. The molecule has 0 spiro atoms. The van der Waals surface area contributed by atoms with Gasteiger partial charge in [-0.3, -0.25) is 19.8 Å². The molecular weight excluding hydrogens is 424 g/mol. The van der Waals surface area contributed by atoms with Crippen LogP contribution in [0.1, 0.15) is 47.1 Å². The number of imide groups is 1. The van der Waals surface area contributed by atoms with Crippen LogP contribution in [0.5, 0.6) is 0 Å². The molecule has 2 aromatic carbocycles. The minimum atomic E-state index is -1.11. The number of ether oxygens (including phenoxy) is 1. The van der Waals surface area contributed by atoms with E-state index < -0.39 is 35.5 Å². The topological polar surface area (TPSA) is 121 Å². The van der Waals surface area contributed by atoms with Crippen molar-refractivity contribution in [3.63, 3.8) is 0 Å². The number of carbonyl (C=O) groups is 4. The third-order valence-corrected chi connectivity index (χ3v) is 5.12. The summed E-state index contributed by atoms with van der Waals surface area (Å²) < 4.78 is 5.30. The van der Waals surface area contributed by atoms with E-state index in [9.17, 15) is 19.2 Å². The molecule has 0 fully saturated rings. The van der Waals surface area contributed by atoms with Crippen molar-refractivity contribution >= 4 is 34.7 Å². The molecule has 0 bridgehead atoms. The maximum atomic E-state index is 13.2. The molecule has 1 atom stereocenters. The van der Waals surface area contributed by atoms with E-state index in [1.807, 2.05) is 24.3 Å². The smallest absolute Gasteiger partial charge is 0.408 e. The van der Waals surface area contributed by atoms with Crippen LogP contribution < -0.4 is 10.7 Å². The maximum absolute atomic E-state index is 13.2. The number of benzene rings is 2. The Morgan fingerprint density at radius 3 is 2.24 bits per heavy atom. The Kier molecular flexibility index (Phi) is 5.63. The van der Waals surface area contributed by atoms with Gasteiger partial charge in [0.2, 0.25) is 0 Å². The summed E-state index contributed by atoms with van der Waals surface area (Å²) in [6, 6.07) is 12.8. The normalized spacial score (nSPS) is 14.2. The predicted octanol–water partition coefficient (Wildman–Crippen LogP) is 2.93. The number of hydrogen-bond donors (Lipinski definition) is 3. The average molecular weight is 448 g/mol. The first-order valence-electron chi connectivity index (χ1n) is 10.5. The number of para-hydroxylation sites is 1. The SMILES string of the molecule is CC(C)(C)OC(=O)N[C@H](Cc1c[nH]c2ccccc12)C(=O)NN1C(=O)c2ccccc2C1=O. The van der Waals surface area contributed by atoms with Gasteiger partial charge in [0.05, 0.1) is 11.1 Å². The Balaban J connectivity index is 1.57. The lowest BCUT2D eigenvalue weighted by atomic mass is 10.0. The molecule has 33 heavy (non-hydrogen) atoms. The van der Waals surface area contributed by atoms with Crippen molar-refractivity contribution < 1.29 is 23.9 Å². The molecule has 0 unspecified atom stereocenters. The van der Waals surface area contributed by atoms with Gasteiger partial charge in [-0.2, -0.15) is 5.01 Å². The highest BCUT2D eigenvalue weighted by Gasteiger charge is 2.38. The molecule has 0 radical (unpaired) electrons. The maximum Gasteiger partial charge on any atom is 0.408 e. The lowest BCUT2D eigenvalue weighted by Crippen LogP contribution is -2.55. The molecular formula is C24H24N4O5. The summed E-state index contributed by atoms with van der Waals surface area (Å²) in [5, 5.41) is 4.13. The fourth-order valence-corrected chi connectivity index (χ4v) is 3.66. The van der Waals surface area contributed by atoms with Gasteiger partial charge in [0, 0.05) is 23.5 Å². The highest BCUT2D eigenvalue weighted by atomic mass is 16.6. The first kappa shape index (κ1) is 22.1. The number of nitrogens with one attached hydrogen (secondary N) is 3. The van der Waals surface area contributed by atoms with Crippen molar-refractivity contribution in [1.29, 1.82) is 0 Å². The molecule has 1 aromatic heterocycles. The first-order valence-corrected chi connectivity index (χ1v) is 10.5. The van der Waals surface area contributed by atoms with Gasteiger partial charge in [0.15, 0.2) is 0 Å². The van der Waals surface area contributed by atoms with Gasteiger partial charge < -0.3 is 15.0 Å². The third kappa shape index (κ3) is 4.57. The zero-order valence-corrected chi connectivity index (χ0v) is 18.5. The lowest BCUT2D eigenvalue weighted by molar-refractivity contribution is -0.126. The predicted molar refractivity (Wildman–Crippen MR) is 120 cm³/mol. The zero-order chi connectivity index (χ0) is 23.8. The summed E-state index contributed by atoms with van der Waals surface area (Å²) in [5.74, 6) is -1.99. The van der Waals surface area contributed by atoms with E-state index in [0.29, 0.717) is 5.01 Å². The largest absolute Gasteiger partial charge is 0.444 e. The average Bonchev–Trinajstić information content (AvgIpc) is 3.27. The van der Waals surface area contributed by atoms with E-state index in [2.05, 4.69) is 15.7 Å². The number of rotatable bonds is 5. The Hall–Kier alpha value is -4.14. The Morgan fingerprint density at radius 1 is 1.00 bits per heavy atom. The minimum absolute atomic E-state index is 0.109. The van der Waals surface area contributed by atoms with Gasteiger partial charge in [-0.05, 0) is 44.5 Å². The number of nitrogens with zero attached hydrogens (tertiary/aromatic N) is 1. The number of amides is 4. The number of hydrazine groups is 1. The Bertz CT molecular complexity index is 1220. The molecule has 0 aliphatic carbocycles. The standard InChI is InChI=1S/C24H24N4O5/c1-24(2,3)33-23(32)26-19(12-14-13-25-18-11-7-6-8-15(14)18)20(29)27-28-21(30)16-9-4-5-10-17(16)22(28)31/h4-11,13,19,25H,12H2,1-3H3,(H,26,32)(H,27,29)/t19-/m1/s1. The molecule has 9 nitrogen and oxygen atoms in total. The minimum Gasteiger partial charge on any atom is -0.444 e. The van der Waals surface area contributed by atoms with Crippen LogP contribution >= 0.6 is 0 Å². The van der Waals surface area contributed by atoms with Gasteiger partial charge in [-0.25, -0.2) is 4.79 Å². The second-order valence-corrected chi connectivity index (χ2v) is 8.73. The van der Waals surface area contributed by atoms with Crippen LogP contribution in [0.2, 0.25) is 0 Å². The van der Waals surface area contributed by atoms with Crippen molar-refractivity contribution in [1.82, 2.24) is 20.7 Å². The molecule has 9 heteroatoms. The molecule has 170 valence electrons. The van der Waals surface area contributed by atoms with Gasteiger partial charge in [0.1, 0.15) is 11.6 Å². The Labute approximate surface area is 190 Å². The molecule has 0 saturated heterocycles. The monoisotopic (exact) mass is 448 g/mol. The number of H-pyrrole nitrogens is 1. The van der Waals surface area contributed by atoms with Crippen LogP contribution in [0, 0.1) is 0 Å². The van der Waals surface area contributed by atoms with Gasteiger partial charge in [-0.1, -0.05) is 30.3 Å². The number of alkyl carbamates (subject to hydrolysis) is 1. The van der Waals surface area contributed by atoms with Crippen molar-refractivity contribution in [2.75, 3.05) is 0 Å². The summed E-state index contributed by atoms with van der Waals surface area (Å²) >= 11 is 0. The van der Waals surface area contributed by atoms with Crippen molar-refractivity contribution in [3.05, 3.63) is 71.4 Å². The summed E-state index contributed by atoms with van der Waals surface area (Å²) in [5.41, 5.74) is 3.67. The van der Waals surface area contributed by atoms with Crippen LogP contribution in [0.15, 0.2) is 54.7 Å². The summed E-state index contributed by atoms with van der Waals surface area (Å²) in [7, 11) is 0. The molecule has 1 aliphatic rings. The van der Waals surface area contributed by atoms with Crippen LogP contribution in [0.25, 0.3) is 10.9 Å². The number of aromatic nitrogens is 1. The zero-order valence-electron chi connectivity index (χ0n) is 18.5. The summed E-state index contributed by atoms with van der Waals surface area (Å²) in [4.78, 5) is 54.0. The fourth-order valence-electron chi connectivity index (χ4n) is 3.66. The number of fused-ring (bicyclic) bond motifs is 2. The van der Waals surface area contributed by atoms with Crippen LogP contribution in [-0.2, 0) is 16.0 Å². The van der Waals surface area contributed by atoms with Crippen molar-refractivity contribution in [2.24, 2.45) is 0 Å². The van der Waals surface area contributed by atoms with Crippen LogP contribution in [0.4, 0.5) is 4.79 Å². The quantitative estimate of drug-likeness (QED) is 0.519. The van der Waals surface area contributed by atoms with Gasteiger partial charge in [0.25, 0.3) is 17.7 Å². The number of carbonyl (C=O) groups excluding carboxylic acids is 4. The summed E-state index contributed by atoms with van der Waals surface area (Å²) in [6.45, 7) is 5.13. The van der Waals surface area contributed by atoms with E-state index in [-0.39, 0.29) is 17.5 Å². The van der Waals surface area contributed by atoms with E-state index in [1.54, 1.807) is 39.1 Å². The Morgan fingerprint density at radius 2 is 1.61 bits per heavy atom. The molecule has 3 N–H and O–H groups in total. The number of aromatic amines is 1. The van der Waals surface area contributed by atoms with E-state index >= 15 is 0 Å². The van der Waals surface area contributed by atoms with Crippen LogP contribution in [0.3, 0.4) is 0 Å². The third-order valence-electron chi connectivity index (χ3n) is 5.12. The molecule has 4 amide bonds. The molecule has 4 rings (SSSR count). The second kappa shape index (κ2) is 8.42. The molecule has 1 aliphatic heterocycles.